The van der Waals surface area contributed by atoms with E-state index in [2.05, 4.69) is 65.9 Å². The maximum absolute atomic E-state index is 6.36. The van der Waals surface area contributed by atoms with Gasteiger partial charge in [0, 0.05) is 30.9 Å². The van der Waals surface area contributed by atoms with Crippen LogP contribution in [0, 0.1) is 0 Å². The molecule has 0 amide bonds. The molecule has 0 aliphatic carbocycles. The van der Waals surface area contributed by atoms with Crippen molar-refractivity contribution in [3.05, 3.63) is 66.7 Å². The van der Waals surface area contributed by atoms with Gasteiger partial charge in [0.15, 0.2) is 5.79 Å². The number of aromatic nitrogens is 2. The summed E-state index contributed by atoms with van der Waals surface area (Å²) in [4.78, 5) is 4.14. The maximum Gasteiger partial charge on any atom is 0.196 e. The Hall–Kier alpha value is -2.17. The van der Waals surface area contributed by atoms with Crippen LogP contribution in [-0.4, -0.2) is 22.8 Å². The number of hydrogen-bond acceptors (Lipinski definition) is 3. The quantitative estimate of drug-likeness (QED) is 0.474. The maximum atomic E-state index is 6.36. The fraction of sp³-hybridized carbons (Fsp3) is 0.409. The molecule has 0 atom stereocenters. The summed E-state index contributed by atoms with van der Waals surface area (Å²) in [6.45, 7) is 6.38. The molecule has 0 saturated heterocycles. The highest BCUT2D eigenvalue weighted by atomic mass is 16.7. The van der Waals surface area contributed by atoms with Crippen molar-refractivity contribution < 1.29 is 9.47 Å². The number of hydrogen-bond donors (Lipinski definition) is 0. The minimum atomic E-state index is -0.736. The first-order valence-corrected chi connectivity index (χ1v) is 9.50. The molecule has 1 aromatic heterocycles. The lowest BCUT2D eigenvalue weighted by molar-refractivity contribution is -0.252. The number of ether oxygens (including phenoxy) is 2. The first-order valence-electron chi connectivity index (χ1n) is 9.50. The highest BCUT2D eigenvalue weighted by Gasteiger charge is 2.34. The van der Waals surface area contributed by atoms with E-state index < -0.39 is 5.79 Å². The van der Waals surface area contributed by atoms with E-state index in [1.807, 2.05) is 12.5 Å². The van der Waals surface area contributed by atoms with Gasteiger partial charge in [-0.25, -0.2) is 4.98 Å². The summed E-state index contributed by atoms with van der Waals surface area (Å²) < 4.78 is 14.8. The SMILES string of the molecule is CCCOC(CCn1ccnc1)(OCCC)c1ccc2ccccc2c1. The van der Waals surface area contributed by atoms with Gasteiger partial charge in [0.2, 0.25) is 0 Å². The largest absolute Gasteiger partial charge is 0.346 e. The van der Waals surface area contributed by atoms with Gasteiger partial charge >= 0.3 is 0 Å². The Morgan fingerprint density at radius 3 is 2.35 bits per heavy atom. The highest BCUT2D eigenvalue weighted by Crippen LogP contribution is 2.34. The third-order valence-electron chi connectivity index (χ3n) is 4.53. The van der Waals surface area contributed by atoms with Crippen LogP contribution in [0.1, 0.15) is 38.7 Å². The molecule has 0 spiro atoms. The molecule has 0 bridgehead atoms. The molecule has 0 radical (unpaired) electrons. The van der Waals surface area contributed by atoms with Gasteiger partial charge in [-0.2, -0.15) is 0 Å². The molecule has 26 heavy (non-hydrogen) atoms. The third-order valence-corrected chi connectivity index (χ3v) is 4.53. The van der Waals surface area contributed by atoms with Gasteiger partial charge in [-0.1, -0.05) is 50.2 Å². The Bertz CT molecular complexity index is 791. The number of benzene rings is 2. The van der Waals surface area contributed by atoms with Crippen LogP contribution < -0.4 is 0 Å². The van der Waals surface area contributed by atoms with Crippen LogP contribution in [0.25, 0.3) is 10.8 Å². The highest BCUT2D eigenvalue weighted by molar-refractivity contribution is 5.83. The summed E-state index contributed by atoms with van der Waals surface area (Å²) in [5.74, 6) is -0.736. The summed E-state index contributed by atoms with van der Waals surface area (Å²) in [5, 5.41) is 2.43. The van der Waals surface area contributed by atoms with Crippen LogP contribution in [-0.2, 0) is 21.8 Å². The molecule has 0 saturated carbocycles. The van der Waals surface area contributed by atoms with Crippen LogP contribution in [0.5, 0.6) is 0 Å². The van der Waals surface area contributed by atoms with Crippen molar-refractivity contribution in [2.75, 3.05) is 13.2 Å². The van der Waals surface area contributed by atoms with Crippen molar-refractivity contribution in [1.29, 1.82) is 0 Å². The predicted octanol–water partition coefficient (Wildman–Crippen LogP) is 5.13. The molecule has 4 heteroatoms. The van der Waals surface area contributed by atoms with Crippen LogP contribution in [0.3, 0.4) is 0 Å². The lowest BCUT2D eigenvalue weighted by Crippen LogP contribution is -2.35. The zero-order valence-corrected chi connectivity index (χ0v) is 15.7. The molecular formula is C22H28N2O2. The Morgan fingerprint density at radius 1 is 0.962 bits per heavy atom. The van der Waals surface area contributed by atoms with Crippen molar-refractivity contribution in [2.24, 2.45) is 0 Å². The van der Waals surface area contributed by atoms with Gasteiger partial charge in [0.25, 0.3) is 0 Å². The topological polar surface area (TPSA) is 36.3 Å². The second-order valence-electron chi connectivity index (χ2n) is 6.56. The summed E-state index contributed by atoms with van der Waals surface area (Å²) in [7, 11) is 0. The van der Waals surface area contributed by atoms with Gasteiger partial charge in [0.05, 0.1) is 19.5 Å². The van der Waals surface area contributed by atoms with Crippen molar-refractivity contribution in [3.63, 3.8) is 0 Å². The summed E-state index contributed by atoms with van der Waals surface area (Å²) in [5.41, 5.74) is 1.08. The normalized spacial score (nSPS) is 11.9. The minimum absolute atomic E-state index is 0.667. The second-order valence-corrected chi connectivity index (χ2v) is 6.56. The lowest BCUT2D eigenvalue weighted by atomic mass is 9.98. The number of rotatable bonds is 10. The zero-order valence-electron chi connectivity index (χ0n) is 15.7. The van der Waals surface area contributed by atoms with E-state index in [-0.39, 0.29) is 0 Å². The van der Waals surface area contributed by atoms with Gasteiger partial charge in [0.1, 0.15) is 0 Å². The Kier molecular flexibility index (Phi) is 6.42. The molecule has 3 rings (SSSR count). The molecule has 1 heterocycles. The molecular weight excluding hydrogens is 324 g/mol. The van der Waals surface area contributed by atoms with Crippen molar-refractivity contribution in [3.8, 4) is 0 Å². The van der Waals surface area contributed by atoms with Gasteiger partial charge in [-0.3, -0.25) is 0 Å². The number of imidazole rings is 1. The number of aryl methyl sites for hydroxylation is 1. The van der Waals surface area contributed by atoms with Crippen molar-refractivity contribution in [2.45, 2.75) is 45.4 Å². The standard InChI is InChI=1S/C22H28N2O2/c1-3-15-25-22(26-16-4-2,11-13-24-14-12-23-18-24)21-10-9-19-7-5-6-8-20(19)17-21/h5-10,12,14,17-18H,3-4,11,13,15-16H2,1-2H3. The Labute approximate surface area is 155 Å². The van der Waals surface area contributed by atoms with E-state index in [0.717, 1.165) is 31.4 Å². The third kappa shape index (κ3) is 4.32. The second kappa shape index (κ2) is 8.97. The molecule has 4 nitrogen and oxygen atoms in total. The average Bonchev–Trinajstić information content (AvgIpc) is 3.21. The van der Waals surface area contributed by atoms with E-state index in [1.165, 1.54) is 10.8 Å². The zero-order chi connectivity index (χ0) is 18.2. The summed E-state index contributed by atoms with van der Waals surface area (Å²) in [6.07, 6.45) is 8.26. The summed E-state index contributed by atoms with van der Waals surface area (Å²) in [6, 6.07) is 14.9. The molecule has 138 valence electrons. The van der Waals surface area contributed by atoms with Crippen LogP contribution in [0.2, 0.25) is 0 Å². The predicted molar refractivity (Wildman–Crippen MR) is 105 cm³/mol. The smallest absolute Gasteiger partial charge is 0.196 e. The molecule has 0 aliphatic rings. The van der Waals surface area contributed by atoms with E-state index in [9.17, 15) is 0 Å². The minimum Gasteiger partial charge on any atom is -0.346 e. The van der Waals surface area contributed by atoms with E-state index in [0.29, 0.717) is 13.2 Å². The number of nitrogens with zero attached hydrogens (tertiary/aromatic N) is 2. The Morgan fingerprint density at radius 2 is 1.69 bits per heavy atom. The molecule has 0 unspecified atom stereocenters. The van der Waals surface area contributed by atoms with Crippen LogP contribution >= 0.6 is 0 Å². The first kappa shape index (κ1) is 18.6. The Balaban J connectivity index is 1.96. The fourth-order valence-electron chi connectivity index (χ4n) is 3.15. The monoisotopic (exact) mass is 352 g/mol. The van der Waals surface area contributed by atoms with Crippen LogP contribution in [0.15, 0.2) is 61.2 Å². The molecule has 0 fully saturated rings. The summed E-state index contributed by atoms with van der Waals surface area (Å²) >= 11 is 0. The van der Waals surface area contributed by atoms with Gasteiger partial charge in [-0.15, -0.1) is 0 Å². The van der Waals surface area contributed by atoms with E-state index in [4.69, 9.17) is 9.47 Å². The molecule has 3 aromatic rings. The van der Waals surface area contributed by atoms with Gasteiger partial charge in [-0.05, 0) is 29.7 Å². The molecule has 0 aliphatic heterocycles. The molecule has 2 aromatic carbocycles. The van der Waals surface area contributed by atoms with E-state index in [1.54, 1.807) is 6.20 Å². The first-order chi connectivity index (χ1) is 12.8. The van der Waals surface area contributed by atoms with Crippen molar-refractivity contribution >= 4 is 10.8 Å². The van der Waals surface area contributed by atoms with Crippen molar-refractivity contribution in [1.82, 2.24) is 9.55 Å². The van der Waals surface area contributed by atoms with Crippen LogP contribution in [0.4, 0.5) is 0 Å². The average molecular weight is 352 g/mol. The lowest BCUT2D eigenvalue weighted by Gasteiger charge is -2.35. The van der Waals surface area contributed by atoms with E-state index >= 15 is 0 Å². The molecule has 0 N–H and O–H groups in total. The number of fused-ring (bicyclic) bond motifs is 1. The fourth-order valence-corrected chi connectivity index (χ4v) is 3.15. The van der Waals surface area contributed by atoms with Gasteiger partial charge < -0.3 is 14.0 Å².